The monoisotopic (exact) mass is 341 g/mol. The summed E-state index contributed by atoms with van der Waals surface area (Å²) in [6.45, 7) is 2.57. The van der Waals surface area contributed by atoms with Crippen molar-refractivity contribution in [2.24, 2.45) is 7.05 Å². The van der Waals surface area contributed by atoms with Crippen LogP contribution in [0.3, 0.4) is 0 Å². The fraction of sp³-hybridized carbons (Fsp3) is 0.235. The summed E-state index contributed by atoms with van der Waals surface area (Å²) in [5, 5.41) is 30.5. The van der Waals surface area contributed by atoms with E-state index in [0.29, 0.717) is 24.5 Å². The van der Waals surface area contributed by atoms with Crippen LogP contribution in [0.2, 0.25) is 0 Å². The maximum atomic E-state index is 11.7. The number of aryl methyl sites for hydroxylation is 1. The number of aromatic nitrogens is 4. The van der Waals surface area contributed by atoms with Crippen molar-refractivity contribution in [3.8, 4) is 17.2 Å². The quantitative estimate of drug-likeness (QED) is 0.639. The summed E-state index contributed by atoms with van der Waals surface area (Å²) in [6, 6.07) is 8.04. The van der Waals surface area contributed by atoms with Crippen LogP contribution in [0.1, 0.15) is 17.1 Å². The van der Waals surface area contributed by atoms with Crippen molar-refractivity contribution in [2.75, 3.05) is 0 Å². The van der Waals surface area contributed by atoms with E-state index in [0.717, 1.165) is 11.4 Å². The second kappa shape index (κ2) is 6.78. The van der Waals surface area contributed by atoms with E-state index < -0.39 is 0 Å². The molecule has 0 saturated carbocycles. The molecule has 8 heteroatoms. The minimum Gasteiger partial charge on any atom is -0.508 e. The van der Waals surface area contributed by atoms with Gasteiger partial charge in [-0.25, -0.2) is 4.68 Å². The lowest BCUT2D eigenvalue weighted by molar-refractivity contribution is 0.445. The van der Waals surface area contributed by atoms with Crippen LogP contribution in [-0.4, -0.2) is 29.8 Å². The topological polar surface area (TPSA) is 105 Å². The van der Waals surface area contributed by atoms with Gasteiger partial charge in [-0.2, -0.15) is 0 Å². The molecule has 0 spiro atoms. The molecule has 0 radical (unpaired) electrons. The van der Waals surface area contributed by atoms with Crippen LogP contribution >= 0.6 is 0 Å². The van der Waals surface area contributed by atoms with E-state index >= 15 is 0 Å². The molecular formula is C17H19N5O3. The van der Waals surface area contributed by atoms with Gasteiger partial charge < -0.3 is 20.1 Å². The van der Waals surface area contributed by atoms with Gasteiger partial charge in [0.1, 0.15) is 5.75 Å². The highest BCUT2D eigenvalue weighted by Crippen LogP contribution is 2.14. The smallest absolute Gasteiger partial charge is 0.223 e. The number of nitrogens with one attached hydrogen (secondary N) is 1. The number of hydrogen-bond donors (Lipinski definition) is 3. The third kappa shape index (κ3) is 3.53. The van der Waals surface area contributed by atoms with Gasteiger partial charge in [0, 0.05) is 31.9 Å². The van der Waals surface area contributed by atoms with Crippen LogP contribution in [0.25, 0.3) is 5.69 Å². The maximum absolute atomic E-state index is 11.7. The second-order valence-corrected chi connectivity index (χ2v) is 5.78. The SMILES string of the molecule is Cc1cc(=O)c(O)c(CNCc2cn(-c3ccc(O)cc3)nn2)n1C. The Morgan fingerprint density at radius 3 is 2.60 bits per heavy atom. The fourth-order valence-corrected chi connectivity index (χ4v) is 2.49. The van der Waals surface area contributed by atoms with Gasteiger partial charge in [-0.3, -0.25) is 4.79 Å². The van der Waals surface area contributed by atoms with Crippen molar-refractivity contribution < 1.29 is 10.2 Å². The molecule has 130 valence electrons. The Kier molecular flexibility index (Phi) is 4.53. The van der Waals surface area contributed by atoms with E-state index in [4.69, 9.17) is 0 Å². The van der Waals surface area contributed by atoms with E-state index in [1.165, 1.54) is 6.07 Å². The molecule has 2 aromatic heterocycles. The molecule has 8 nitrogen and oxygen atoms in total. The molecule has 0 aliphatic heterocycles. The zero-order chi connectivity index (χ0) is 18.0. The number of nitrogens with zero attached hydrogens (tertiary/aromatic N) is 4. The second-order valence-electron chi connectivity index (χ2n) is 5.78. The van der Waals surface area contributed by atoms with Gasteiger partial charge in [-0.05, 0) is 31.2 Å². The molecule has 0 aliphatic carbocycles. The summed E-state index contributed by atoms with van der Waals surface area (Å²) in [7, 11) is 1.80. The summed E-state index contributed by atoms with van der Waals surface area (Å²) in [6.07, 6.45) is 1.77. The van der Waals surface area contributed by atoms with Crippen LogP contribution in [0.5, 0.6) is 11.5 Å². The predicted octanol–water partition coefficient (Wildman–Crippen LogP) is 0.975. The van der Waals surface area contributed by atoms with Gasteiger partial charge in [0.15, 0.2) is 5.75 Å². The first kappa shape index (κ1) is 16.7. The number of phenolic OH excluding ortho intramolecular Hbond substituents is 1. The molecule has 3 rings (SSSR count). The van der Waals surface area contributed by atoms with Crippen LogP contribution < -0.4 is 10.7 Å². The molecule has 0 bridgehead atoms. The number of hydrogen-bond acceptors (Lipinski definition) is 6. The largest absolute Gasteiger partial charge is 0.508 e. The molecule has 0 unspecified atom stereocenters. The Bertz CT molecular complexity index is 944. The van der Waals surface area contributed by atoms with Gasteiger partial charge in [0.25, 0.3) is 0 Å². The van der Waals surface area contributed by atoms with Gasteiger partial charge in [0.05, 0.1) is 23.3 Å². The minimum absolute atomic E-state index is 0.189. The van der Waals surface area contributed by atoms with E-state index in [2.05, 4.69) is 15.6 Å². The van der Waals surface area contributed by atoms with Gasteiger partial charge in [-0.15, -0.1) is 5.10 Å². The Hall–Kier alpha value is -3.13. The summed E-state index contributed by atoms with van der Waals surface area (Å²) in [5.74, 6) is -0.0531. The first-order chi connectivity index (χ1) is 12.0. The molecule has 0 fully saturated rings. The molecule has 3 N–H and O–H groups in total. The number of rotatable bonds is 5. The summed E-state index contributed by atoms with van der Waals surface area (Å²) < 4.78 is 3.38. The van der Waals surface area contributed by atoms with Crippen molar-refractivity contribution in [3.63, 3.8) is 0 Å². The average Bonchev–Trinajstić information content (AvgIpc) is 3.06. The molecule has 2 heterocycles. The summed E-state index contributed by atoms with van der Waals surface area (Å²) in [5.41, 5.74) is 2.42. The van der Waals surface area contributed by atoms with Crippen molar-refractivity contribution in [1.82, 2.24) is 24.9 Å². The molecule has 1 aromatic carbocycles. The lowest BCUT2D eigenvalue weighted by Crippen LogP contribution is -2.20. The standard InChI is InChI=1S/C17H19N5O3/c1-11-7-16(24)17(25)15(21(11)2)9-18-8-12-10-22(20-19-12)13-3-5-14(23)6-4-13/h3-7,10,18,23,25H,8-9H2,1-2H3. The Morgan fingerprint density at radius 1 is 1.16 bits per heavy atom. The molecule has 25 heavy (non-hydrogen) atoms. The number of phenols is 1. The van der Waals surface area contributed by atoms with Gasteiger partial charge in [0.2, 0.25) is 5.43 Å². The molecule has 0 atom stereocenters. The van der Waals surface area contributed by atoms with E-state index in [-0.39, 0.29) is 16.9 Å². The van der Waals surface area contributed by atoms with Gasteiger partial charge in [-0.1, -0.05) is 5.21 Å². The number of benzene rings is 1. The van der Waals surface area contributed by atoms with Gasteiger partial charge >= 0.3 is 0 Å². The zero-order valence-electron chi connectivity index (χ0n) is 14.0. The first-order valence-corrected chi connectivity index (χ1v) is 7.75. The van der Waals surface area contributed by atoms with E-state index in [1.54, 1.807) is 46.8 Å². The Morgan fingerprint density at radius 2 is 1.88 bits per heavy atom. The summed E-state index contributed by atoms with van der Waals surface area (Å²) >= 11 is 0. The fourth-order valence-electron chi connectivity index (χ4n) is 2.49. The highest BCUT2D eigenvalue weighted by molar-refractivity contribution is 5.36. The van der Waals surface area contributed by atoms with Crippen molar-refractivity contribution >= 4 is 0 Å². The van der Waals surface area contributed by atoms with Crippen LogP contribution in [0.15, 0.2) is 41.3 Å². The molecular weight excluding hydrogens is 322 g/mol. The molecule has 0 aliphatic rings. The van der Waals surface area contributed by atoms with Crippen molar-refractivity contribution in [2.45, 2.75) is 20.0 Å². The first-order valence-electron chi connectivity index (χ1n) is 7.75. The van der Waals surface area contributed by atoms with Crippen molar-refractivity contribution in [1.29, 1.82) is 0 Å². The number of aromatic hydroxyl groups is 2. The average molecular weight is 341 g/mol. The highest BCUT2D eigenvalue weighted by atomic mass is 16.3. The van der Waals surface area contributed by atoms with E-state index in [9.17, 15) is 15.0 Å². The maximum Gasteiger partial charge on any atom is 0.223 e. The molecule has 0 amide bonds. The lowest BCUT2D eigenvalue weighted by Gasteiger charge is -2.13. The van der Waals surface area contributed by atoms with Crippen molar-refractivity contribution in [3.05, 3.63) is 63.8 Å². The molecule has 0 saturated heterocycles. The van der Waals surface area contributed by atoms with Crippen LogP contribution in [0, 0.1) is 6.92 Å². The Balaban J connectivity index is 1.68. The third-order valence-corrected chi connectivity index (χ3v) is 4.03. The van der Waals surface area contributed by atoms with Crippen LogP contribution in [0.4, 0.5) is 0 Å². The predicted molar refractivity (Wildman–Crippen MR) is 91.7 cm³/mol. The van der Waals surface area contributed by atoms with Crippen LogP contribution in [-0.2, 0) is 20.1 Å². The Labute approximate surface area is 144 Å². The highest BCUT2D eigenvalue weighted by Gasteiger charge is 2.11. The third-order valence-electron chi connectivity index (χ3n) is 4.03. The minimum atomic E-state index is -0.384. The summed E-state index contributed by atoms with van der Waals surface area (Å²) in [4.78, 5) is 11.7. The molecule has 3 aromatic rings. The zero-order valence-corrected chi connectivity index (χ0v) is 14.0. The van der Waals surface area contributed by atoms with E-state index in [1.807, 2.05) is 6.92 Å². The normalized spacial score (nSPS) is 11.0. The lowest BCUT2D eigenvalue weighted by atomic mass is 10.2. The number of pyridine rings is 1.